The lowest BCUT2D eigenvalue weighted by Crippen LogP contribution is -2.00. The van der Waals surface area contributed by atoms with Crippen molar-refractivity contribution in [2.45, 2.75) is 27.4 Å². The summed E-state index contributed by atoms with van der Waals surface area (Å²) in [5.41, 5.74) is 5.47. The van der Waals surface area contributed by atoms with E-state index >= 15 is 0 Å². The van der Waals surface area contributed by atoms with Gasteiger partial charge in [-0.2, -0.15) is 0 Å². The summed E-state index contributed by atoms with van der Waals surface area (Å²) in [5.74, 6) is 1.48. The molecule has 3 heteroatoms. The monoisotopic (exact) mass is 359 g/mol. The van der Waals surface area contributed by atoms with Crippen molar-refractivity contribution in [1.29, 1.82) is 0 Å². The van der Waals surface area contributed by atoms with E-state index in [1.165, 1.54) is 5.56 Å². The first-order valence-electron chi connectivity index (χ1n) is 9.20. The van der Waals surface area contributed by atoms with Crippen molar-refractivity contribution in [2.24, 2.45) is 4.99 Å². The van der Waals surface area contributed by atoms with Gasteiger partial charge in [0.1, 0.15) is 6.61 Å². The summed E-state index contributed by atoms with van der Waals surface area (Å²) in [6.07, 6.45) is 1.86. The highest BCUT2D eigenvalue weighted by Gasteiger charge is 2.07. The normalized spacial score (nSPS) is 10.9. The minimum absolute atomic E-state index is 0.511. The number of benzene rings is 3. The van der Waals surface area contributed by atoms with Crippen LogP contribution in [0.25, 0.3) is 0 Å². The van der Waals surface area contributed by atoms with Crippen LogP contribution in [0.15, 0.2) is 71.7 Å². The van der Waals surface area contributed by atoms with Crippen LogP contribution in [-0.4, -0.2) is 12.8 Å². The topological polar surface area (TPSA) is 30.8 Å². The summed E-state index contributed by atoms with van der Waals surface area (Å²) in [6, 6.07) is 22.3. The Balaban J connectivity index is 1.75. The van der Waals surface area contributed by atoms with Crippen molar-refractivity contribution in [2.75, 3.05) is 6.61 Å². The average molecular weight is 359 g/mol. The lowest BCUT2D eigenvalue weighted by atomic mass is 10.1. The van der Waals surface area contributed by atoms with Gasteiger partial charge in [0, 0.05) is 6.21 Å². The van der Waals surface area contributed by atoms with Gasteiger partial charge in [-0.1, -0.05) is 48.0 Å². The summed E-state index contributed by atoms with van der Waals surface area (Å²) in [5, 5.41) is 0. The quantitative estimate of drug-likeness (QED) is 0.482. The maximum Gasteiger partial charge on any atom is 0.161 e. The fourth-order valence-electron chi connectivity index (χ4n) is 2.69. The van der Waals surface area contributed by atoms with Crippen LogP contribution in [0.2, 0.25) is 0 Å². The lowest BCUT2D eigenvalue weighted by Gasteiger charge is -2.13. The molecule has 0 spiro atoms. The highest BCUT2D eigenvalue weighted by Crippen LogP contribution is 2.29. The van der Waals surface area contributed by atoms with E-state index in [2.05, 4.69) is 49.2 Å². The molecule has 0 unspecified atom stereocenters. The molecule has 0 radical (unpaired) electrons. The molecule has 3 nitrogen and oxygen atoms in total. The fourth-order valence-corrected chi connectivity index (χ4v) is 2.69. The van der Waals surface area contributed by atoms with Gasteiger partial charge in [0.2, 0.25) is 0 Å². The molecule has 0 atom stereocenters. The van der Waals surface area contributed by atoms with Crippen LogP contribution in [0.1, 0.15) is 29.2 Å². The maximum atomic E-state index is 5.98. The number of para-hydroxylation sites is 1. The van der Waals surface area contributed by atoms with Gasteiger partial charge in [0.05, 0.1) is 12.3 Å². The Labute approximate surface area is 161 Å². The predicted octanol–water partition coefficient (Wildman–Crippen LogP) is 6.03. The zero-order valence-electron chi connectivity index (χ0n) is 16.1. The van der Waals surface area contributed by atoms with Gasteiger partial charge in [-0.15, -0.1) is 0 Å². The van der Waals surface area contributed by atoms with Crippen LogP contribution >= 0.6 is 0 Å². The molecule has 0 amide bonds. The van der Waals surface area contributed by atoms with Gasteiger partial charge in [0.25, 0.3) is 0 Å². The van der Waals surface area contributed by atoms with Crippen molar-refractivity contribution in [3.63, 3.8) is 0 Å². The molecule has 138 valence electrons. The van der Waals surface area contributed by atoms with Crippen LogP contribution in [-0.2, 0) is 6.61 Å². The summed E-state index contributed by atoms with van der Waals surface area (Å²) in [7, 11) is 0. The second-order valence-electron chi connectivity index (χ2n) is 6.46. The van der Waals surface area contributed by atoms with E-state index in [0.717, 1.165) is 33.9 Å². The van der Waals surface area contributed by atoms with E-state index in [-0.39, 0.29) is 0 Å². The van der Waals surface area contributed by atoms with E-state index in [1.54, 1.807) is 0 Å². The Kier molecular flexibility index (Phi) is 6.26. The smallest absolute Gasteiger partial charge is 0.161 e. The Bertz CT molecular complexity index is 914. The minimum atomic E-state index is 0.511. The molecule has 0 saturated carbocycles. The third-order valence-corrected chi connectivity index (χ3v) is 4.25. The third kappa shape index (κ3) is 5.20. The van der Waals surface area contributed by atoms with E-state index in [9.17, 15) is 0 Å². The number of nitrogens with zero attached hydrogens (tertiary/aromatic N) is 1. The van der Waals surface area contributed by atoms with Crippen LogP contribution in [0.5, 0.6) is 11.5 Å². The summed E-state index contributed by atoms with van der Waals surface area (Å²) < 4.78 is 11.8. The molecule has 3 rings (SSSR count). The average Bonchev–Trinajstić information content (AvgIpc) is 2.68. The Morgan fingerprint density at radius 1 is 0.852 bits per heavy atom. The highest BCUT2D eigenvalue weighted by atomic mass is 16.5. The number of ether oxygens (including phenoxy) is 2. The molecule has 0 bridgehead atoms. The first-order valence-corrected chi connectivity index (χ1v) is 9.20. The SMILES string of the molecule is CCOc1cc(C=Nc2ccccc2C)ccc1OCc1ccc(C)cc1. The fraction of sp³-hybridized carbons (Fsp3) is 0.208. The molecule has 0 aliphatic heterocycles. The van der Waals surface area contributed by atoms with Gasteiger partial charge in [-0.3, -0.25) is 4.99 Å². The van der Waals surface area contributed by atoms with Gasteiger partial charge in [-0.25, -0.2) is 0 Å². The van der Waals surface area contributed by atoms with Gasteiger partial charge in [-0.05, 0) is 61.7 Å². The van der Waals surface area contributed by atoms with Gasteiger partial charge in [0.15, 0.2) is 11.5 Å². The van der Waals surface area contributed by atoms with E-state index < -0.39 is 0 Å². The molecule has 0 aromatic heterocycles. The number of hydrogen-bond donors (Lipinski definition) is 0. The molecular formula is C24H25NO2. The summed E-state index contributed by atoms with van der Waals surface area (Å²) in [4.78, 5) is 4.59. The number of aryl methyl sites for hydroxylation is 2. The first-order chi connectivity index (χ1) is 13.2. The number of aliphatic imine (C=N–C) groups is 1. The van der Waals surface area contributed by atoms with Crippen molar-refractivity contribution < 1.29 is 9.47 Å². The summed E-state index contributed by atoms with van der Waals surface area (Å²) in [6.45, 7) is 7.20. The summed E-state index contributed by atoms with van der Waals surface area (Å²) >= 11 is 0. The van der Waals surface area contributed by atoms with Crippen LogP contribution in [0.3, 0.4) is 0 Å². The zero-order chi connectivity index (χ0) is 19.1. The maximum absolute atomic E-state index is 5.98. The van der Waals surface area contributed by atoms with Crippen LogP contribution in [0, 0.1) is 13.8 Å². The molecule has 27 heavy (non-hydrogen) atoms. The molecule has 0 aliphatic rings. The Hall–Kier alpha value is -3.07. The van der Waals surface area contributed by atoms with Crippen LogP contribution < -0.4 is 9.47 Å². The van der Waals surface area contributed by atoms with Gasteiger partial charge < -0.3 is 9.47 Å². The highest BCUT2D eigenvalue weighted by molar-refractivity contribution is 5.83. The third-order valence-electron chi connectivity index (χ3n) is 4.25. The largest absolute Gasteiger partial charge is 0.490 e. The molecule has 0 saturated heterocycles. The zero-order valence-corrected chi connectivity index (χ0v) is 16.1. The molecule has 0 heterocycles. The molecule has 0 aliphatic carbocycles. The van der Waals surface area contributed by atoms with Gasteiger partial charge >= 0.3 is 0 Å². The first kappa shape index (κ1) is 18.7. The number of hydrogen-bond acceptors (Lipinski definition) is 3. The van der Waals surface area contributed by atoms with E-state index in [0.29, 0.717) is 13.2 Å². The predicted molar refractivity (Wildman–Crippen MR) is 112 cm³/mol. The Morgan fingerprint density at radius 3 is 2.37 bits per heavy atom. The minimum Gasteiger partial charge on any atom is -0.490 e. The second kappa shape index (κ2) is 9.04. The molecule has 0 N–H and O–H groups in total. The molecule has 3 aromatic carbocycles. The standard InChI is InChI=1S/C24H25NO2/c1-4-26-24-15-21(16-25-22-8-6-5-7-19(22)3)13-14-23(24)27-17-20-11-9-18(2)10-12-20/h5-16H,4,17H2,1-3H3. The molecular weight excluding hydrogens is 334 g/mol. The van der Waals surface area contributed by atoms with E-state index in [1.807, 2.05) is 49.5 Å². The lowest BCUT2D eigenvalue weighted by molar-refractivity contribution is 0.269. The molecule has 3 aromatic rings. The van der Waals surface area contributed by atoms with Crippen molar-refractivity contribution in [3.05, 3.63) is 89.0 Å². The second-order valence-corrected chi connectivity index (χ2v) is 6.46. The molecule has 0 fully saturated rings. The van der Waals surface area contributed by atoms with Crippen molar-refractivity contribution >= 4 is 11.9 Å². The Morgan fingerprint density at radius 2 is 1.63 bits per heavy atom. The number of rotatable bonds is 7. The van der Waals surface area contributed by atoms with Crippen molar-refractivity contribution in [3.8, 4) is 11.5 Å². The van der Waals surface area contributed by atoms with Crippen molar-refractivity contribution in [1.82, 2.24) is 0 Å². The van der Waals surface area contributed by atoms with E-state index in [4.69, 9.17) is 9.47 Å². The van der Waals surface area contributed by atoms with Crippen LogP contribution in [0.4, 0.5) is 5.69 Å².